The van der Waals surface area contributed by atoms with Crippen molar-refractivity contribution in [2.75, 3.05) is 0 Å². The lowest BCUT2D eigenvalue weighted by Gasteiger charge is -2.09. The summed E-state index contributed by atoms with van der Waals surface area (Å²) in [6.45, 7) is 0. The summed E-state index contributed by atoms with van der Waals surface area (Å²) in [5.74, 6) is 0. The molecule has 0 aliphatic rings. The molecule has 1 aromatic carbocycles. The predicted molar refractivity (Wildman–Crippen MR) is 64.9 cm³/mol. The SMILES string of the molecule is NC(=S)c1c(Br)cccc1-n1cncn1. The first kappa shape index (κ1) is 10.3. The fourth-order valence-corrected chi connectivity index (χ4v) is 2.20. The molecule has 0 radical (unpaired) electrons. The Morgan fingerprint density at radius 3 is 2.87 bits per heavy atom. The van der Waals surface area contributed by atoms with E-state index in [2.05, 4.69) is 26.0 Å². The van der Waals surface area contributed by atoms with Gasteiger partial charge in [-0.1, -0.05) is 18.3 Å². The first-order valence-corrected chi connectivity index (χ1v) is 5.33. The van der Waals surface area contributed by atoms with Gasteiger partial charge in [-0.2, -0.15) is 5.10 Å². The van der Waals surface area contributed by atoms with E-state index in [1.54, 1.807) is 11.0 Å². The molecule has 2 aromatic rings. The van der Waals surface area contributed by atoms with Crippen molar-refractivity contribution >= 4 is 33.1 Å². The molecule has 0 unspecified atom stereocenters. The molecule has 0 spiro atoms. The third-order valence-corrected chi connectivity index (χ3v) is 2.77. The van der Waals surface area contributed by atoms with Crippen molar-refractivity contribution in [2.45, 2.75) is 0 Å². The average Bonchev–Trinajstić information content (AvgIpc) is 2.69. The van der Waals surface area contributed by atoms with Crippen LogP contribution >= 0.6 is 28.1 Å². The van der Waals surface area contributed by atoms with Gasteiger partial charge in [0.1, 0.15) is 17.6 Å². The number of rotatable bonds is 2. The maximum atomic E-state index is 5.66. The van der Waals surface area contributed by atoms with Gasteiger partial charge in [-0.25, -0.2) is 9.67 Å². The van der Waals surface area contributed by atoms with Gasteiger partial charge in [-0.3, -0.25) is 0 Å². The van der Waals surface area contributed by atoms with Gasteiger partial charge in [0, 0.05) is 10.0 Å². The lowest BCUT2D eigenvalue weighted by molar-refractivity contribution is 0.876. The molecule has 0 bridgehead atoms. The summed E-state index contributed by atoms with van der Waals surface area (Å²) < 4.78 is 2.47. The van der Waals surface area contributed by atoms with E-state index in [4.69, 9.17) is 18.0 Å². The number of hydrogen-bond donors (Lipinski definition) is 1. The summed E-state index contributed by atoms with van der Waals surface area (Å²) in [7, 11) is 0. The van der Waals surface area contributed by atoms with Crippen molar-refractivity contribution in [2.24, 2.45) is 5.73 Å². The maximum Gasteiger partial charge on any atom is 0.138 e. The number of nitrogens with two attached hydrogens (primary N) is 1. The minimum atomic E-state index is 0.327. The van der Waals surface area contributed by atoms with Crippen molar-refractivity contribution in [3.8, 4) is 5.69 Å². The summed E-state index contributed by atoms with van der Waals surface area (Å²) in [5, 5.41) is 4.04. The Hall–Kier alpha value is -1.27. The molecule has 0 aliphatic carbocycles. The smallest absolute Gasteiger partial charge is 0.138 e. The quantitative estimate of drug-likeness (QED) is 0.852. The molecule has 0 fully saturated rings. The van der Waals surface area contributed by atoms with E-state index in [0.717, 1.165) is 15.7 Å². The average molecular weight is 283 g/mol. The highest BCUT2D eigenvalue weighted by atomic mass is 79.9. The Morgan fingerprint density at radius 1 is 1.47 bits per heavy atom. The van der Waals surface area contributed by atoms with Gasteiger partial charge in [0.2, 0.25) is 0 Å². The fraction of sp³-hybridized carbons (Fsp3) is 0. The van der Waals surface area contributed by atoms with E-state index in [0.29, 0.717) is 4.99 Å². The Balaban J connectivity index is 2.66. The minimum absolute atomic E-state index is 0.327. The second kappa shape index (κ2) is 4.08. The number of benzene rings is 1. The first-order valence-electron chi connectivity index (χ1n) is 4.13. The van der Waals surface area contributed by atoms with Crippen molar-refractivity contribution in [3.05, 3.63) is 40.9 Å². The van der Waals surface area contributed by atoms with Crippen LogP contribution in [0.4, 0.5) is 0 Å². The van der Waals surface area contributed by atoms with E-state index in [9.17, 15) is 0 Å². The molecule has 1 aromatic heterocycles. The third-order valence-electron chi connectivity index (χ3n) is 1.90. The van der Waals surface area contributed by atoms with Crippen molar-refractivity contribution in [1.29, 1.82) is 0 Å². The topological polar surface area (TPSA) is 56.7 Å². The van der Waals surface area contributed by atoms with Crippen LogP contribution in [0, 0.1) is 0 Å². The lowest BCUT2D eigenvalue weighted by Crippen LogP contribution is -2.14. The normalized spacial score (nSPS) is 10.2. The van der Waals surface area contributed by atoms with E-state index >= 15 is 0 Å². The zero-order chi connectivity index (χ0) is 10.8. The number of thiocarbonyl (C=S) groups is 1. The Bertz CT molecular complexity index is 495. The van der Waals surface area contributed by atoms with Crippen LogP contribution in [-0.4, -0.2) is 19.8 Å². The van der Waals surface area contributed by atoms with Gasteiger partial charge in [-0.15, -0.1) is 0 Å². The van der Waals surface area contributed by atoms with Crippen LogP contribution < -0.4 is 5.73 Å². The van der Waals surface area contributed by atoms with Gasteiger partial charge >= 0.3 is 0 Å². The van der Waals surface area contributed by atoms with E-state index in [-0.39, 0.29) is 0 Å². The van der Waals surface area contributed by atoms with Crippen LogP contribution in [0.15, 0.2) is 35.3 Å². The molecule has 0 saturated heterocycles. The molecule has 0 amide bonds. The molecule has 4 nitrogen and oxygen atoms in total. The van der Waals surface area contributed by atoms with Crippen LogP contribution in [0.1, 0.15) is 5.56 Å². The summed E-state index contributed by atoms with van der Waals surface area (Å²) in [5.41, 5.74) is 7.24. The van der Waals surface area contributed by atoms with Gasteiger partial charge in [0.15, 0.2) is 0 Å². The molecule has 0 atom stereocenters. The molecule has 1 heterocycles. The van der Waals surface area contributed by atoms with Crippen molar-refractivity contribution in [3.63, 3.8) is 0 Å². The van der Waals surface area contributed by atoms with Gasteiger partial charge in [0.25, 0.3) is 0 Å². The number of hydrogen-bond acceptors (Lipinski definition) is 3. The van der Waals surface area contributed by atoms with Crippen LogP contribution in [0.2, 0.25) is 0 Å². The van der Waals surface area contributed by atoms with E-state index in [1.165, 1.54) is 6.33 Å². The molecule has 2 N–H and O–H groups in total. The van der Waals surface area contributed by atoms with Gasteiger partial charge < -0.3 is 5.73 Å². The van der Waals surface area contributed by atoms with Crippen LogP contribution in [0.25, 0.3) is 5.69 Å². The molecule has 2 rings (SSSR count). The highest BCUT2D eigenvalue weighted by Gasteiger charge is 2.10. The Morgan fingerprint density at radius 2 is 2.27 bits per heavy atom. The molecule has 0 saturated carbocycles. The predicted octanol–water partition coefficient (Wildman–Crippen LogP) is 1.66. The standard InChI is InChI=1S/C9H7BrN4S/c10-6-2-1-3-7(8(6)9(11)15)14-5-12-4-13-14/h1-5H,(H2,11,15). The number of halogens is 1. The lowest BCUT2D eigenvalue weighted by atomic mass is 10.2. The fourth-order valence-electron chi connectivity index (χ4n) is 1.28. The molecule has 76 valence electrons. The van der Waals surface area contributed by atoms with Crippen LogP contribution in [0.3, 0.4) is 0 Å². The first-order chi connectivity index (χ1) is 7.20. The molecular weight excluding hydrogens is 276 g/mol. The van der Waals surface area contributed by atoms with E-state index in [1.807, 2.05) is 18.2 Å². The Kier molecular flexibility index (Phi) is 2.79. The minimum Gasteiger partial charge on any atom is -0.389 e. The molecule has 6 heteroatoms. The second-order valence-corrected chi connectivity index (χ2v) is 4.13. The highest BCUT2D eigenvalue weighted by molar-refractivity contribution is 9.10. The van der Waals surface area contributed by atoms with Crippen LogP contribution in [-0.2, 0) is 0 Å². The monoisotopic (exact) mass is 282 g/mol. The maximum absolute atomic E-state index is 5.66. The zero-order valence-corrected chi connectivity index (χ0v) is 9.99. The molecule has 15 heavy (non-hydrogen) atoms. The largest absolute Gasteiger partial charge is 0.389 e. The molecule has 0 aliphatic heterocycles. The van der Waals surface area contributed by atoms with Crippen LogP contribution in [0.5, 0.6) is 0 Å². The zero-order valence-electron chi connectivity index (χ0n) is 7.59. The summed E-state index contributed by atoms with van der Waals surface area (Å²) in [4.78, 5) is 4.21. The summed E-state index contributed by atoms with van der Waals surface area (Å²) >= 11 is 8.40. The second-order valence-electron chi connectivity index (χ2n) is 2.84. The van der Waals surface area contributed by atoms with Crippen molar-refractivity contribution < 1.29 is 0 Å². The van der Waals surface area contributed by atoms with E-state index < -0.39 is 0 Å². The van der Waals surface area contributed by atoms with Crippen molar-refractivity contribution in [1.82, 2.24) is 14.8 Å². The number of aromatic nitrogens is 3. The Labute approximate surface area is 100 Å². The molecular formula is C9H7BrN4S. The highest BCUT2D eigenvalue weighted by Crippen LogP contribution is 2.22. The van der Waals surface area contributed by atoms with Gasteiger partial charge in [0.05, 0.1) is 5.69 Å². The third kappa shape index (κ3) is 1.91. The van der Waals surface area contributed by atoms with Gasteiger partial charge in [-0.05, 0) is 28.1 Å². The summed E-state index contributed by atoms with van der Waals surface area (Å²) in [6, 6.07) is 5.66. The number of nitrogens with zero attached hydrogens (tertiary/aromatic N) is 3. The summed E-state index contributed by atoms with van der Waals surface area (Å²) in [6.07, 6.45) is 3.06.